The average Bonchev–Trinajstić information content (AvgIpc) is 2.75. The van der Waals surface area contributed by atoms with Crippen LogP contribution in [0.5, 0.6) is 0 Å². The molecule has 62 valence electrons. The molecular weight excluding hydrogens is 281 g/mol. The Morgan fingerprint density at radius 2 is 2.00 bits per heavy atom. The van der Waals surface area contributed by atoms with Gasteiger partial charge in [-0.15, -0.1) is 12.1 Å². The monoisotopic (exact) mass is 286 g/mol. The van der Waals surface area contributed by atoms with E-state index in [1.54, 1.807) is 12.5 Å². The van der Waals surface area contributed by atoms with Crippen LogP contribution in [0.4, 0.5) is 0 Å². The van der Waals surface area contributed by atoms with Gasteiger partial charge in [0.05, 0.1) is 6.33 Å². The predicted molar refractivity (Wildman–Crippen MR) is 51.3 cm³/mol. The van der Waals surface area contributed by atoms with Crippen LogP contribution in [0.3, 0.4) is 0 Å². The second kappa shape index (κ2) is 6.06. The fraction of sp³-hybridized carbons (Fsp3) is 0. The number of hydrogen-bond acceptors (Lipinski definition) is 1. The Labute approximate surface area is 94.0 Å². The molecule has 0 saturated carbocycles. The molecule has 0 bridgehead atoms. The van der Waals surface area contributed by atoms with Gasteiger partial charge < -0.3 is 4.57 Å². The summed E-state index contributed by atoms with van der Waals surface area (Å²) in [5.74, 6) is 0. The molecule has 2 nitrogen and oxygen atoms in total. The van der Waals surface area contributed by atoms with Crippen molar-refractivity contribution in [2.24, 2.45) is 0 Å². The van der Waals surface area contributed by atoms with Gasteiger partial charge in [-0.2, -0.15) is 18.2 Å². The van der Waals surface area contributed by atoms with Gasteiger partial charge in [-0.05, 0) is 0 Å². The molecule has 1 heterocycles. The predicted octanol–water partition coefficient (Wildman–Crippen LogP) is 2.52. The molecule has 0 amide bonds. The third kappa shape index (κ3) is 3.05. The van der Waals surface area contributed by atoms with Crippen molar-refractivity contribution in [3.05, 3.63) is 49.1 Å². The van der Waals surface area contributed by atoms with Gasteiger partial charge in [0.15, 0.2) is 0 Å². The van der Waals surface area contributed by atoms with E-state index >= 15 is 0 Å². The van der Waals surface area contributed by atoms with Crippen molar-refractivity contribution in [3.8, 4) is 5.69 Å². The number of rotatable bonds is 1. The summed E-state index contributed by atoms with van der Waals surface area (Å²) in [5.41, 5.74) is 1.11. The van der Waals surface area contributed by atoms with Gasteiger partial charge in [-0.1, -0.05) is 5.69 Å². The molecule has 2 rings (SSSR count). The minimum absolute atomic E-state index is 1.11. The Bertz CT molecular complexity index is 321. The van der Waals surface area contributed by atoms with Crippen molar-refractivity contribution in [2.75, 3.05) is 0 Å². The standard InChI is InChI=1S/C9H7N2.BrH.Zn/c1-2-4-9(5-3-1)11-7-6-10-8-11;;/h2-8H;1H;/q-1;;+2/p-1. The number of hydrogen-bond donors (Lipinski definition) is 0. The van der Waals surface area contributed by atoms with Crippen molar-refractivity contribution >= 4 is 13.6 Å². The number of imidazole rings is 1. The van der Waals surface area contributed by atoms with Gasteiger partial charge in [-0.25, -0.2) is 4.98 Å². The van der Waals surface area contributed by atoms with E-state index in [1.165, 1.54) is 16.3 Å². The topological polar surface area (TPSA) is 17.8 Å². The fourth-order valence-corrected chi connectivity index (χ4v) is 0.962. The quantitative estimate of drug-likeness (QED) is 0.582. The van der Waals surface area contributed by atoms with Crippen molar-refractivity contribution in [1.82, 2.24) is 9.55 Å². The van der Waals surface area contributed by atoms with E-state index in [-0.39, 0.29) is 0 Å². The van der Waals surface area contributed by atoms with E-state index in [2.05, 4.69) is 24.7 Å². The molecule has 0 N–H and O–H groups in total. The zero-order chi connectivity index (χ0) is 9.52. The van der Waals surface area contributed by atoms with Crippen molar-refractivity contribution < 1.29 is 16.3 Å². The Morgan fingerprint density at radius 3 is 2.54 bits per heavy atom. The van der Waals surface area contributed by atoms with Crippen LogP contribution in [0.1, 0.15) is 0 Å². The number of aromatic nitrogens is 2. The maximum Gasteiger partial charge on any atom is 0.0972 e. The number of halogens is 1. The normalized spacial score (nSPS) is 8.85. The van der Waals surface area contributed by atoms with Gasteiger partial charge in [0.25, 0.3) is 0 Å². The van der Waals surface area contributed by atoms with Crippen LogP contribution in [-0.2, 0) is 16.3 Å². The van der Waals surface area contributed by atoms with Gasteiger partial charge in [0.2, 0.25) is 0 Å². The van der Waals surface area contributed by atoms with E-state index in [0.29, 0.717) is 0 Å². The van der Waals surface area contributed by atoms with Crippen LogP contribution >= 0.6 is 13.6 Å². The summed E-state index contributed by atoms with van der Waals surface area (Å²) in [6, 6.07) is 10.7. The molecule has 13 heavy (non-hydrogen) atoms. The summed E-state index contributed by atoms with van der Waals surface area (Å²) in [5, 5.41) is 0. The molecule has 0 aliphatic rings. The van der Waals surface area contributed by atoms with E-state index < -0.39 is 0 Å². The average molecular weight is 288 g/mol. The van der Waals surface area contributed by atoms with Gasteiger partial charge in [-0.3, -0.25) is 0 Å². The SMILES string of the molecule is [Zn+][Br].[c-]1ccc(-n2ccnc2)cc1. The first-order chi connectivity index (χ1) is 6.47. The summed E-state index contributed by atoms with van der Waals surface area (Å²) in [7, 11) is 0. The molecule has 0 aliphatic carbocycles. The van der Waals surface area contributed by atoms with Crippen LogP contribution in [0.15, 0.2) is 43.0 Å². The van der Waals surface area contributed by atoms with Crippen molar-refractivity contribution in [3.63, 3.8) is 0 Å². The molecule has 0 atom stereocenters. The van der Waals surface area contributed by atoms with Gasteiger partial charge in [0, 0.05) is 12.4 Å². The Balaban J connectivity index is 0.000000396. The molecule has 4 heteroatoms. The van der Waals surface area contributed by atoms with E-state index in [4.69, 9.17) is 0 Å². The molecule has 0 fully saturated rings. The summed E-state index contributed by atoms with van der Waals surface area (Å²) >= 11 is 4.25. The molecule has 0 spiro atoms. The van der Waals surface area contributed by atoms with Crippen molar-refractivity contribution in [2.45, 2.75) is 0 Å². The molecule has 0 radical (unpaired) electrons. The second-order valence-corrected chi connectivity index (χ2v) is 2.23. The third-order valence-electron chi connectivity index (χ3n) is 1.50. The molecule has 0 aliphatic heterocycles. The number of benzene rings is 1. The minimum atomic E-state index is 1.11. The maximum atomic E-state index is 3.95. The van der Waals surface area contributed by atoms with E-state index in [0.717, 1.165) is 5.69 Å². The molecule has 0 unspecified atom stereocenters. The molecular formula is C9H7BrN2Zn. The zero-order valence-corrected chi connectivity index (χ0v) is 11.6. The Hall–Kier alpha value is -0.467. The largest absolute Gasteiger partial charge is 0.330 e. The zero-order valence-electron chi connectivity index (χ0n) is 7.02. The van der Waals surface area contributed by atoms with Crippen LogP contribution in [0.2, 0.25) is 0 Å². The van der Waals surface area contributed by atoms with Crippen LogP contribution in [-0.4, -0.2) is 9.55 Å². The second-order valence-electron chi connectivity index (χ2n) is 2.23. The Kier molecular flexibility index (Phi) is 4.95. The third-order valence-corrected chi connectivity index (χ3v) is 1.50. The number of nitrogens with zero attached hydrogens (tertiary/aromatic N) is 2. The molecule has 1 aromatic carbocycles. The summed E-state index contributed by atoms with van der Waals surface area (Å²) in [6.45, 7) is 0. The molecule has 0 saturated heterocycles. The van der Waals surface area contributed by atoms with Gasteiger partial charge >= 0.3 is 30.0 Å². The van der Waals surface area contributed by atoms with E-state index in [1.807, 2.05) is 35.0 Å². The van der Waals surface area contributed by atoms with E-state index in [9.17, 15) is 0 Å². The first-order valence-electron chi connectivity index (χ1n) is 3.68. The maximum absolute atomic E-state index is 3.95. The first kappa shape index (κ1) is 10.6. The first-order valence-corrected chi connectivity index (χ1v) is 10.6. The van der Waals surface area contributed by atoms with Crippen LogP contribution in [0, 0.1) is 6.07 Å². The van der Waals surface area contributed by atoms with Gasteiger partial charge in [0.1, 0.15) is 0 Å². The fourth-order valence-electron chi connectivity index (χ4n) is 0.962. The van der Waals surface area contributed by atoms with Crippen LogP contribution in [0.25, 0.3) is 5.69 Å². The summed E-state index contributed by atoms with van der Waals surface area (Å²) in [6.07, 6.45) is 5.45. The smallest absolute Gasteiger partial charge is 0.0972 e. The summed E-state index contributed by atoms with van der Waals surface area (Å²) in [4.78, 5) is 3.95. The molecule has 1 aromatic heterocycles. The Morgan fingerprint density at radius 1 is 1.31 bits per heavy atom. The summed E-state index contributed by atoms with van der Waals surface area (Å²) < 4.78 is 1.95. The van der Waals surface area contributed by atoms with Crippen molar-refractivity contribution in [1.29, 1.82) is 0 Å². The minimum Gasteiger partial charge on any atom is -0.330 e. The van der Waals surface area contributed by atoms with Crippen LogP contribution < -0.4 is 0 Å². The molecule has 2 aromatic rings.